The topological polar surface area (TPSA) is 49.4 Å². The van der Waals surface area contributed by atoms with Crippen LogP contribution in [-0.4, -0.2) is 16.7 Å². The molecule has 0 bridgehead atoms. The maximum absolute atomic E-state index is 13.3. The van der Waals surface area contributed by atoms with Gasteiger partial charge < -0.3 is 10.2 Å². The average molecular weight is 441 g/mol. The number of nitrogens with zero attached hydrogens (tertiary/aromatic N) is 1. The molecular formula is C29H32N2O2. The van der Waals surface area contributed by atoms with Gasteiger partial charge in [-0.05, 0) is 59.9 Å². The fraction of sp³-hybridized carbons (Fsp3) is 0.310. The SMILES string of the molecule is CCC(NC(=O)C(=O)N(Cc1ccccc1)Cc1ccccc1)c1ccc2c(c1)CCCC2. The van der Waals surface area contributed by atoms with Crippen LogP contribution in [0.25, 0.3) is 0 Å². The molecule has 3 aromatic rings. The molecule has 170 valence electrons. The summed E-state index contributed by atoms with van der Waals surface area (Å²) in [4.78, 5) is 28.0. The highest BCUT2D eigenvalue weighted by Crippen LogP contribution is 2.26. The van der Waals surface area contributed by atoms with Gasteiger partial charge in [0.1, 0.15) is 0 Å². The minimum atomic E-state index is -0.550. The Bertz CT molecular complexity index is 1040. The summed E-state index contributed by atoms with van der Waals surface area (Å²) in [7, 11) is 0. The van der Waals surface area contributed by atoms with Crippen molar-refractivity contribution < 1.29 is 9.59 Å². The van der Waals surface area contributed by atoms with Crippen molar-refractivity contribution in [1.29, 1.82) is 0 Å². The third-order valence-corrected chi connectivity index (χ3v) is 6.40. The molecule has 0 fully saturated rings. The van der Waals surface area contributed by atoms with E-state index in [9.17, 15) is 9.59 Å². The van der Waals surface area contributed by atoms with Crippen molar-refractivity contribution in [3.05, 3.63) is 107 Å². The standard InChI is InChI=1S/C29H32N2O2/c1-2-27(26-18-17-24-15-9-10-16-25(24)19-26)30-28(32)29(33)31(20-22-11-5-3-6-12-22)21-23-13-7-4-8-14-23/h3-8,11-14,17-19,27H,2,9-10,15-16,20-21H2,1H3,(H,30,32). The Morgan fingerprint density at radius 3 is 1.97 bits per heavy atom. The van der Waals surface area contributed by atoms with Crippen LogP contribution in [0.2, 0.25) is 0 Å². The van der Waals surface area contributed by atoms with Crippen molar-refractivity contribution in [3.63, 3.8) is 0 Å². The third kappa shape index (κ3) is 5.89. The number of benzene rings is 3. The molecule has 0 heterocycles. The lowest BCUT2D eigenvalue weighted by Gasteiger charge is -2.25. The fourth-order valence-electron chi connectivity index (χ4n) is 4.56. The van der Waals surface area contributed by atoms with Crippen molar-refractivity contribution in [2.75, 3.05) is 0 Å². The van der Waals surface area contributed by atoms with Crippen molar-refractivity contribution >= 4 is 11.8 Å². The van der Waals surface area contributed by atoms with E-state index in [1.54, 1.807) is 4.90 Å². The zero-order valence-electron chi connectivity index (χ0n) is 19.3. The maximum atomic E-state index is 13.3. The second kappa shape index (κ2) is 11.0. The second-order valence-electron chi connectivity index (χ2n) is 8.80. The largest absolute Gasteiger partial charge is 0.341 e. The first-order valence-corrected chi connectivity index (χ1v) is 11.9. The number of amides is 2. The van der Waals surface area contributed by atoms with Crippen LogP contribution in [0.3, 0.4) is 0 Å². The molecule has 2 amide bonds. The predicted octanol–water partition coefficient (Wildman–Crippen LogP) is 5.36. The van der Waals surface area contributed by atoms with Gasteiger partial charge in [0.25, 0.3) is 0 Å². The van der Waals surface area contributed by atoms with Crippen LogP contribution in [0.4, 0.5) is 0 Å². The van der Waals surface area contributed by atoms with E-state index in [1.807, 2.05) is 67.6 Å². The van der Waals surface area contributed by atoms with Crippen LogP contribution in [0, 0.1) is 0 Å². The summed E-state index contributed by atoms with van der Waals surface area (Å²) in [5.74, 6) is -1.05. The molecule has 1 aliphatic carbocycles. The second-order valence-corrected chi connectivity index (χ2v) is 8.80. The molecule has 0 saturated heterocycles. The molecule has 4 nitrogen and oxygen atoms in total. The van der Waals surface area contributed by atoms with Gasteiger partial charge in [-0.2, -0.15) is 0 Å². The number of rotatable bonds is 7. The normalized spacial score (nSPS) is 13.6. The number of nitrogens with one attached hydrogen (secondary N) is 1. The summed E-state index contributed by atoms with van der Waals surface area (Å²) in [6.45, 7) is 2.82. The van der Waals surface area contributed by atoms with Crippen LogP contribution >= 0.6 is 0 Å². The average Bonchev–Trinajstić information content (AvgIpc) is 2.87. The number of hydrogen-bond donors (Lipinski definition) is 1. The molecule has 0 aromatic heterocycles. The highest BCUT2D eigenvalue weighted by molar-refractivity contribution is 6.35. The predicted molar refractivity (Wildman–Crippen MR) is 131 cm³/mol. The van der Waals surface area contributed by atoms with Crippen molar-refractivity contribution in [3.8, 4) is 0 Å². The monoisotopic (exact) mass is 440 g/mol. The van der Waals surface area contributed by atoms with Crippen molar-refractivity contribution in [2.45, 2.75) is 58.2 Å². The summed E-state index contributed by atoms with van der Waals surface area (Å²) < 4.78 is 0. The number of fused-ring (bicyclic) bond motifs is 1. The van der Waals surface area contributed by atoms with E-state index in [0.29, 0.717) is 13.1 Å². The minimum Gasteiger partial charge on any atom is -0.341 e. The summed E-state index contributed by atoms with van der Waals surface area (Å²) in [5, 5.41) is 3.01. The minimum absolute atomic E-state index is 0.177. The Morgan fingerprint density at radius 2 is 1.39 bits per heavy atom. The molecule has 4 rings (SSSR count). The molecule has 1 atom stereocenters. The summed E-state index contributed by atoms with van der Waals surface area (Å²) in [5.41, 5.74) is 5.87. The first-order valence-electron chi connectivity index (χ1n) is 11.9. The van der Waals surface area contributed by atoms with E-state index in [0.717, 1.165) is 36.0 Å². The Kier molecular flexibility index (Phi) is 7.56. The molecule has 0 saturated carbocycles. The van der Waals surface area contributed by atoms with Gasteiger partial charge in [0.2, 0.25) is 0 Å². The van der Waals surface area contributed by atoms with Gasteiger partial charge in [-0.1, -0.05) is 85.8 Å². The molecule has 1 N–H and O–H groups in total. The lowest BCUT2D eigenvalue weighted by molar-refractivity contribution is -0.147. The quantitative estimate of drug-likeness (QED) is 0.503. The van der Waals surface area contributed by atoms with Crippen molar-refractivity contribution in [1.82, 2.24) is 10.2 Å². The molecule has 0 aliphatic heterocycles. The molecule has 0 radical (unpaired) electrons. The lowest BCUT2D eigenvalue weighted by Crippen LogP contribution is -2.43. The Morgan fingerprint density at radius 1 is 0.818 bits per heavy atom. The van der Waals surface area contributed by atoms with E-state index in [4.69, 9.17) is 0 Å². The van der Waals surface area contributed by atoms with Gasteiger partial charge >= 0.3 is 11.8 Å². The number of carbonyl (C=O) groups is 2. The molecule has 1 unspecified atom stereocenters. The number of carbonyl (C=O) groups excluding carboxylic acids is 2. The zero-order chi connectivity index (χ0) is 23.0. The van der Waals surface area contributed by atoms with Crippen LogP contribution < -0.4 is 5.32 Å². The fourth-order valence-corrected chi connectivity index (χ4v) is 4.56. The third-order valence-electron chi connectivity index (χ3n) is 6.40. The Labute approximate surface area is 196 Å². The van der Waals surface area contributed by atoms with Crippen LogP contribution in [0.15, 0.2) is 78.9 Å². The van der Waals surface area contributed by atoms with E-state index < -0.39 is 11.8 Å². The number of aryl methyl sites for hydroxylation is 2. The molecular weight excluding hydrogens is 408 g/mol. The summed E-state index contributed by atoms with van der Waals surface area (Å²) >= 11 is 0. The van der Waals surface area contributed by atoms with Gasteiger partial charge in [0.05, 0.1) is 6.04 Å². The zero-order valence-corrected chi connectivity index (χ0v) is 19.3. The smallest absolute Gasteiger partial charge is 0.312 e. The molecule has 1 aliphatic rings. The molecule has 3 aromatic carbocycles. The summed E-state index contributed by atoms with van der Waals surface area (Å²) in [6, 6.07) is 25.9. The van der Waals surface area contributed by atoms with Gasteiger partial charge in [0.15, 0.2) is 0 Å². The molecule has 0 spiro atoms. The Hall–Kier alpha value is -3.40. The van der Waals surface area contributed by atoms with Gasteiger partial charge in [-0.25, -0.2) is 0 Å². The first-order chi connectivity index (χ1) is 16.1. The molecule has 4 heteroatoms. The Balaban J connectivity index is 1.50. The van der Waals surface area contributed by atoms with Gasteiger partial charge in [-0.15, -0.1) is 0 Å². The van der Waals surface area contributed by atoms with Crippen molar-refractivity contribution in [2.24, 2.45) is 0 Å². The van der Waals surface area contributed by atoms with Crippen LogP contribution in [-0.2, 0) is 35.5 Å². The lowest BCUT2D eigenvalue weighted by atomic mass is 9.89. The number of hydrogen-bond acceptors (Lipinski definition) is 2. The highest BCUT2D eigenvalue weighted by atomic mass is 16.2. The molecule has 33 heavy (non-hydrogen) atoms. The van der Waals surface area contributed by atoms with Crippen LogP contribution in [0.5, 0.6) is 0 Å². The van der Waals surface area contributed by atoms with Gasteiger partial charge in [0, 0.05) is 13.1 Å². The van der Waals surface area contributed by atoms with E-state index in [1.165, 1.54) is 24.0 Å². The first kappa shape index (κ1) is 22.8. The summed E-state index contributed by atoms with van der Waals surface area (Å²) in [6.07, 6.45) is 5.41. The highest BCUT2D eigenvalue weighted by Gasteiger charge is 2.25. The van der Waals surface area contributed by atoms with Gasteiger partial charge in [-0.3, -0.25) is 9.59 Å². The van der Waals surface area contributed by atoms with E-state index >= 15 is 0 Å². The van der Waals surface area contributed by atoms with Crippen LogP contribution in [0.1, 0.15) is 60.0 Å². The van der Waals surface area contributed by atoms with E-state index in [-0.39, 0.29) is 6.04 Å². The van der Waals surface area contributed by atoms with E-state index in [2.05, 4.69) is 23.5 Å². The maximum Gasteiger partial charge on any atom is 0.312 e.